The second kappa shape index (κ2) is 18.5. The number of fused-ring (bicyclic) bond motifs is 2. The van der Waals surface area contributed by atoms with Crippen molar-refractivity contribution in [1.82, 2.24) is 44.3 Å². The molecule has 2 aliphatic heterocycles. The van der Waals surface area contributed by atoms with Crippen molar-refractivity contribution in [3.8, 4) is 44.9 Å². The van der Waals surface area contributed by atoms with Crippen molar-refractivity contribution in [3.05, 3.63) is 120 Å². The quantitative estimate of drug-likeness (QED) is 0.123. The highest BCUT2D eigenvalue weighted by molar-refractivity contribution is 9.10. The number of hydrogen-bond donors (Lipinski definition) is 2. The van der Waals surface area contributed by atoms with Crippen LogP contribution in [0.4, 0.5) is 0 Å². The van der Waals surface area contributed by atoms with Gasteiger partial charge in [-0.25, -0.2) is 19.0 Å². The molecule has 4 fully saturated rings. The Balaban J connectivity index is 0.000000163. The molecular weight excluding hydrogens is 855 g/mol. The monoisotopic (exact) mass is 911 g/mol. The molecule has 2 N–H and O–H groups in total. The molecule has 2 aliphatic carbocycles. The Kier molecular flexibility index (Phi) is 12.7. The fourth-order valence-electron chi connectivity index (χ4n) is 8.78. The van der Waals surface area contributed by atoms with Gasteiger partial charge in [0, 0.05) is 80.7 Å². The predicted molar refractivity (Wildman–Crippen MR) is 252 cm³/mol. The molecule has 1 atom stereocenters. The molecule has 2 saturated heterocycles. The maximum Gasteiger partial charge on any atom is 0.169 e. The van der Waals surface area contributed by atoms with Crippen LogP contribution >= 0.6 is 15.9 Å². The van der Waals surface area contributed by atoms with Crippen molar-refractivity contribution in [3.63, 3.8) is 0 Å². The number of ether oxygens (including phenoxy) is 2. The van der Waals surface area contributed by atoms with Gasteiger partial charge in [0.25, 0.3) is 0 Å². The van der Waals surface area contributed by atoms with Crippen LogP contribution in [0, 0.1) is 0 Å². The van der Waals surface area contributed by atoms with Gasteiger partial charge in [0.05, 0.1) is 23.0 Å². The summed E-state index contributed by atoms with van der Waals surface area (Å²) in [6.45, 7) is 10.6. The van der Waals surface area contributed by atoms with E-state index in [-0.39, 0.29) is 18.6 Å². The van der Waals surface area contributed by atoms with Gasteiger partial charge >= 0.3 is 0 Å². The molecule has 2 saturated carbocycles. The highest BCUT2D eigenvalue weighted by Gasteiger charge is 2.47. The van der Waals surface area contributed by atoms with Crippen molar-refractivity contribution in [2.45, 2.75) is 76.6 Å². The molecule has 12 nitrogen and oxygen atoms in total. The Morgan fingerprint density at radius 3 is 1.76 bits per heavy atom. The maximum atomic E-state index is 9.93. The number of piperidine rings is 1. The van der Waals surface area contributed by atoms with Crippen molar-refractivity contribution in [2.75, 3.05) is 52.4 Å². The lowest BCUT2D eigenvalue weighted by Gasteiger charge is -2.31. The topological polar surface area (TPSA) is 118 Å². The molecule has 328 valence electrons. The van der Waals surface area contributed by atoms with Crippen LogP contribution in [0.2, 0.25) is 0 Å². The third kappa shape index (κ3) is 9.98. The molecule has 4 aromatic heterocycles. The van der Waals surface area contributed by atoms with E-state index in [9.17, 15) is 5.11 Å². The summed E-state index contributed by atoms with van der Waals surface area (Å²) in [6, 6.07) is 24.6. The summed E-state index contributed by atoms with van der Waals surface area (Å²) < 4.78 is 17.4. The van der Waals surface area contributed by atoms with E-state index in [4.69, 9.17) is 14.5 Å². The van der Waals surface area contributed by atoms with E-state index in [1.807, 2.05) is 59.8 Å². The number of piperazine rings is 1. The lowest BCUT2D eigenvalue weighted by atomic mass is 10.0. The predicted octanol–water partition coefficient (Wildman–Crippen LogP) is 9.13. The first kappa shape index (κ1) is 43.1. The van der Waals surface area contributed by atoms with E-state index >= 15 is 0 Å². The smallest absolute Gasteiger partial charge is 0.169 e. The zero-order chi connectivity index (χ0) is 42.1. The average molecular weight is 913 g/mol. The number of aliphatic hydroxyl groups excluding tert-OH is 1. The molecule has 0 radical (unpaired) electrons. The standard InChI is InChI=1S/C28H31N5O2.C21H23BrN4O.CH4/c1-20(34)22-3-2-4-23(15-22)26-17-31-33-18-24(16-30-27(26)33)21-5-7-25(8-6-21)35-28(9-10-28)19-32-13-11-29-12-14-32;22-19-13-24-26-14-17(12-23-20(19)26)16-4-6-18(7-5-16)27-21(8-9-21)15-25-10-2-1-3-11-25;/h2-8,15-18,20,29,34H,9-14,19H2,1H3;4-7,12-14H,1-3,8-11,15H2;1H4. The Morgan fingerprint density at radius 1 is 0.651 bits per heavy atom. The minimum absolute atomic E-state index is 0. The molecule has 3 aromatic carbocycles. The number of benzene rings is 3. The van der Waals surface area contributed by atoms with E-state index in [2.05, 4.69) is 94.8 Å². The fourth-order valence-corrected chi connectivity index (χ4v) is 9.16. The third-order valence-corrected chi connectivity index (χ3v) is 13.3. The molecule has 13 heteroatoms. The second-order valence-corrected chi connectivity index (χ2v) is 18.4. The summed E-state index contributed by atoms with van der Waals surface area (Å²) >= 11 is 3.46. The molecule has 11 rings (SSSR count). The van der Waals surface area contributed by atoms with E-state index < -0.39 is 6.10 Å². The van der Waals surface area contributed by atoms with Crippen LogP contribution in [0.15, 0.2) is 114 Å². The summed E-state index contributed by atoms with van der Waals surface area (Å²) in [5.41, 5.74) is 8.69. The summed E-state index contributed by atoms with van der Waals surface area (Å²) in [5.74, 6) is 1.89. The molecular formula is C50H58BrN9O3. The number of likely N-dealkylation sites (tertiary alicyclic amines) is 1. The summed E-state index contributed by atoms with van der Waals surface area (Å²) in [7, 11) is 0. The average Bonchev–Trinajstić information content (AvgIpc) is 4.16. The van der Waals surface area contributed by atoms with Crippen LogP contribution in [0.5, 0.6) is 11.5 Å². The van der Waals surface area contributed by atoms with Gasteiger partial charge in [0.1, 0.15) is 22.7 Å². The Morgan fingerprint density at radius 2 is 1.19 bits per heavy atom. The first-order chi connectivity index (χ1) is 30.3. The molecule has 0 bridgehead atoms. The highest BCUT2D eigenvalue weighted by Crippen LogP contribution is 2.43. The number of nitrogens with one attached hydrogen (secondary N) is 1. The zero-order valence-electron chi connectivity index (χ0n) is 35.3. The summed E-state index contributed by atoms with van der Waals surface area (Å²) in [4.78, 5) is 14.3. The Hall–Kier alpha value is -5.18. The molecule has 63 heavy (non-hydrogen) atoms. The lowest BCUT2D eigenvalue weighted by molar-refractivity contribution is 0.101. The van der Waals surface area contributed by atoms with Crippen molar-refractivity contribution >= 4 is 27.2 Å². The van der Waals surface area contributed by atoms with Crippen LogP contribution in [0.1, 0.15) is 71.0 Å². The fraction of sp³-hybridized carbons (Fsp3) is 0.400. The number of halogens is 1. The molecule has 4 aliphatic rings. The van der Waals surface area contributed by atoms with Crippen LogP contribution in [-0.2, 0) is 0 Å². The minimum atomic E-state index is -0.514. The second-order valence-electron chi connectivity index (χ2n) is 17.6. The van der Waals surface area contributed by atoms with Gasteiger partial charge in [0.15, 0.2) is 11.3 Å². The van der Waals surface area contributed by atoms with Gasteiger partial charge in [-0.3, -0.25) is 9.80 Å². The van der Waals surface area contributed by atoms with Gasteiger partial charge in [-0.1, -0.05) is 56.3 Å². The number of rotatable bonds is 12. The van der Waals surface area contributed by atoms with E-state index in [0.717, 1.165) is 118 Å². The first-order valence-corrected chi connectivity index (χ1v) is 22.9. The number of aromatic nitrogens is 6. The van der Waals surface area contributed by atoms with Crippen LogP contribution in [0.3, 0.4) is 0 Å². The van der Waals surface area contributed by atoms with Gasteiger partial charge in [-0.2, -0.15) is 10.2 Å². The van der Waals surface area contributed by atoms with Crippen LogP contribution in [-0.4, -0.2) is 108 Å². The lowest BCUT2D eigenvalue weighted by Crippen LogP contribution is -2.48. The summed E-state index contributed by atoms with van der Waals surface area (Å²) in [6.07, 6.45) is 19.5. The van der Waals surface area contributed by atoms with Gasteiger partial charge < -0.3 is 19.9 Å². The maximum absolute atomic E-state index is 9.93. The summed E-state index contributed by atoms with van der Waals surface area (Å²) in [5, 5.41) is 22.2. The number of hydrogen-bond acceptors (Lipinski definition) is 10. The molecule has 1 unspecified atom stereocenters. The number of nitrogens with zero attached hydrogens (tertiary/aromatic N) is 8. The molecule has 0 amide bonds. The molecule has 7 aromatic rings. The van der Waals surface area contributed by atoms with Crippen molar-refractivity contribution in [1.29, 1.82) is 0 Å². The third-order valence-electron chi connectivity index (χ3n) is 12.7. The van der Waals surface area contributed by atoms with Gasteiger partial charge in [-0.15, -0.1) is 0 Å². The minimum Gasteiger partial charge on any atom is -0.486 e. The Bertz CT molecular complexity index is 2620. The highest BCUT2D eigenvalue weighted by atomic mass is 79.9. The van der Waals surface area contributed by atoms with Gasteiger partial charge in [-0.05, 0) is 127 Å². The molecule has 6 heterocycles. The first-order valence-electron chi connectivity index (χ1n) is 22.1. The van der Waals surface area contributed by atoms with Crippen molar-refractivity contribution < 1.29 is 14.6 Å². The van der Waals surface area contributed by atoms with Crippen molar-refractivity contribution in [2.24, 2.45) is 0 Å². The van der Waals surface area contributed by atoms with Crippen LogP contribution in [0.25, 0.3) is 44.7 Å². The largest absolute Gasteiger partial charge is 0.486 e. The molecule has 0 spiro atoms. The van der Waals surface area contributed by atoms with E-state index in [1.54, 1.807) is 17.6 Å². The number of aliphatic hydroxyl groups is 1. The normalized spacial score (nSPS) is 18.5. The zero-order valence-corrected chi connectivity index (χ0v) is 36.9. The SMILES string of the molecule is Brc1cnn2cc(-c3ccc(OC4(CN5CCCCC5)CC4)cc3)cnc12.C.CC(O)c1cccc(-c2cnn3cc(-c4ccc(OC5(CN6CCNCC6)CC5)cc4)cnc23)c1. The Labute approximate surface area is 378 Å². The van der Waals surface area contributed by atoms with Gasteiger partial charge in [0.2, 0.25) is 0 Å². The van der Waals surface area contributed by atoms with E-state index in [0.29, 0.717) is 0 Å². The van der Waals surface area contributed by atoms with Crippen LogP contribution < -0.4 is 14.8 Å². The van der Waals surface area contributed by atoms with E-state index in [1.165, 1.54) is 45.2 Å².